The van der Waals surface area contributed by atoms with E-state index < -0.39 is 12.0 Å². The van der Waals surface area contributed by atoms with Crippen LogP contribution in [0.1, 0.15) is 15.9 Å². The van der Waals surface area contributed by atoms with Gasteiger partial charge in [0.2, 0.25) is 0 Å². The molecular formula is C22H21NO4. The van der Waals surface area contributed by atoms with Crippen molar-refractivity contribution in [1.82, 2.24) is 5.32 Å². The Hall–Kier alpha value is -3.34. The van der Waals surface area contributed by atoms with Gasteiger partial charge in [-0.05, 0) is 34.5 Å². The first-order valence-corrected chi connectivity index (χ1v) is 8.61. The number of fused-ring (bicyclic) bond motifs is 1. The Labute approximate surface area is 157 Å². The smallest absolute Gasteiger partial charge is 0.328 e. The zero-order valence-electron chi connectivity index (χ0n) is 15.3. The van der Waals surface area contributed by atoms with E-state index in [0.29, 0.717) is 17.7 Å². The lowest BCUT2D eigenvalue weighted by molar-refractivity contribution is -0.142. The van der Waals surface area contributed by atoms with Gasteiger partial charge >= 0.3 is 5.97 Å². The molecule has 138 valence electrons. The monoisotopic (exact) mass is 363 g/mol. The van der Waals surface area contributed by atoms with Crippen molar-refractivity contribution < 1.29 is 19.1 Å². The number of nitrogens with one attached hydrogen (secondary N) is 1. The van der Waals surface area contributed by atoms with Gasteiger partial charge in [0, 0.05) is 12.0 Å². The van der Waals surface area contributed by atoms with E-state index in [9.17, 15) is 9.59 Å². The van der Waals surface area contributed by atoms with E-state index >= 15 is 0 Å². The van der Waals surface area contributed by atoms with Crippen LogP contribution in [-0.2, 0) is 16.0 Å². The Morgan fingerprint density at radius 1 is 0.963 bits per heavy atom. The molecule has 3 aromatic rings. The van der Waals surface area contributed by atoms with Crippen molar-refractivity contribution in [2.45, 2.75) is 12.5 Å². The third kappa shape index (κ3) is 4.26. The molecule has 0 spiro atoms. The predicted octanol–water partition coefficient (Wildman–Crippen LogP) is 3.36. The minimum Gasteiger partial charge on any atom is -0.497 e. The van der Waals surface area contributed by atoms with Gasteiger partial charge in [-0.3, -0.25) is 4.79 Å². The number of ether oxygens (including phenoxy) is 2. The van der Waals surface area contributed by atoms with Crippen LogP contribution < -0.4 is 10.1 Å². The molecule has 1 amide bonds. The number of esters is 1. The Morgan fingerprint density at radius 3 is 2.48 bits per heavy atom. The fourth-order valence-electron chi connectivity index (χ4n) is 3.03. The van der Waals surface area contributed by atoms with E-state index in [1.54, 1.807) is 13.2 Å². The number of benzene rings is 3. The number of hydrogen-bond acceptors (Lipinski definition) is 4. The highest BCUT2D eigenvalue weighted by Gasteiger charge is 2.23. The SMILES string of the molecule is COC(=O)[C@@H](Cc1cccc(OC)c1)NC(=O)c1cccc2ccccc12. The lowest BCUT2D eigenvalue weighted by Gasteiger charge is -2.17. The van der Waals surface area contributed by atoms with Gasteiger partial charge in [-0.25, -0.2) is 4.79 Å². The van der Waals surface area contributed by atoms with Gasteiger partial charge in [0.1, 0.15) is 11.8 Å². The summed E-state index contributed by atoms with van der Waals surface area (Å²) in [5.74, 6) is -0.118. The quantitative estimate of drug-likeness (QED) is 0.682. The normalized spacial score (nSPS) is 11.6. The van der Waals surface area contributed by atoms with Crippen LogP contribution in [0.3, 0.4) is 0 Å². The highest BCUT2D eigenvalue weighted by atomic mass is 16.5. The van der Waals surface area contributed by atoms with E-state index in [0.717, 1.165) is 16.3 Å². The topological polar surface area (TPSA) is 64.6 Å². The van der Waals surface area contributed by atoms with E-state index in [4.69, 9.17) is 9.47 Å². The number of amides is 1. The molecule has 0 fully saturated rings. The van der Waals surface area contributed by atoms with Crippen molar-refractivity contribution in [2.75, 3.05) is 14.2 Å². The Kier molecular flexibility index (Phi) is 5.71. The molecule has 0 saturated heterocycles. The second-order valence-corrected chi connectivity index (χ2v) is 6.13. The summed E-state index contributed by atoms with van der Waals surface area (Å²) >= 11 is 0. The molecule has 3 aromatic carbocycles. The molecule has 5 nitrogen and oxygen atoms in total. The molecule has 0 heterocycles. The standard InChI is InChI=1S/C22H21NO4/c1-26-17-10-5-7-15(13-17)14-20(22(25)27-2)23-21(24)19-12-6-9-16-8-3-4-11-18(16)19/h3-13,20H,14H2,1-2H3,(H,23,24)/t20-/m1/s1. The zero-order chi connectivity index (χ0) is 19.2. The molecule has 0 aliphatic carbocycles. The van der Waals surface area contributed by atoms with Crippen molar-refractivity contribution in [3.63, 3.8) is 0 Å². The average molecular weight is 363 g/mol. The van der Waals surface area contributed by atoms with Gasteiger partial charge in [-0.2, -0.15) is 0 Å². The summed E-state index contributed by atoms with van der Waals surface area (Å²) in [7, 11) is 2.89. The van der Waals surface area contributed by atoms with Crippen molar-refractivity contribution in [2.24, 2.45) is 0 Å². The minimum absolute atomic E-state index is 0.306. The first kappa shape index (κ1) is 18.5. The van der Waals surface area contributed by atoms with Gasteiger partial charge in [-0.15, -0.1) is 0 Å². The Morgan fingerprint density at radius 2 is 1.70 bits per heavy atom. The number of methoxy groups -OCH3 is 2. The van der Waals surface area contributed by atoms with Gasteiger partial charge < -0.3 is 14.8 Å². The van der Waals surface area contributed by atoms with Crippen molar-refractivity contribution >= 4 is 22.6 Å². The largest absolute Gasteiger partial charge is 0.497 e. The van der Waals surface area contributed by atoms with Gasteiger partial charge in [-0.1, -0.05) is 48.5 Å². The maximum Gasteiger partial charge on any atom is 0.328 e. The van der Waals surface area contributed by atoms with Crippen LogP contribution >= 0.6 is 0 Å². The maximum atomic E-state index is 12.9. The van der Waals surface area contributed by atoms with E-state index in [1.807, 2.05) is 60.7 Å². The first-order valence-electron chi connectivity index (χ1n) is 8.61. The van der Waals surface area contributed by atoms with Crippen molar-refractivity contribution in [3.8, 4) is 5.75 Å². The molecule has 0 saturated carbocycles. The third-order valence-corrected chi connectivity index (χ3v) is 4.40. The van der Waals surface area contributed by atoms with Crippen LogP contribution in [0.15, 0.2) is 66.7 Å². The second kappa shape index (κ2) is 8.36. The summed E-state index contributed by atoms with van der Waals surface area (Å²) in [6, 6.07) is 19.7. The van der Waals surface area contributed by atoms with E-state index in [-0.39, 0.29) is 5.91 Å². The number of hydrogen-bond donors (Lipinski definition) is 1. The summed E-state index contributed by atoms with van der Waals surface area (Å²) < 4.78 is 10.1. The van der Waals surface area contributed by atoms with E-state index in [2.05, 4.69) is 5.32 Å². The lowest BCUT2D eigenvalue weighted by atomic mass is 10.0. The molecule has 0 bridgehead atoms. The summed E-state index contributed by atoms with van der Waals surface area (Å²) in [4.78, 5) is 25.1. The van der Waals surface area contributed by atoms with Gasteiger partial charge in [0.25, 0.3) is 5.91 Å². The summed E-state index contributed by atoms with van der Waals surface area (Å²) in [6.07, 6.45) is 0.306. The number of carbonyl (C=O) groups excluding carboxylic acids is 2. The van der Waals surface area contributed by atoms with Crippen molar-refractivity contribution in [3.05, 3.63) is 77.9 Å². The number of rotatable bonds is 6. The highest BCUT2D eigenvalue weighted by molar-refractivity contribution is 6.08. The molecule has 3 rings (SSSR count). The van der Waals surface area contributed by atoms with E-state index in [1.165, 1.54) is 7.11 Å². The molecule has 0 aromatic heterocycles. The van der Waals surface area contributed by atoms with Crippen LogP contribution in [0.25, 0.3) is 10.8 Å². The highest BCUT2D eigenvalue weighted by Crippen LogP contribution is 2.19. The Bertz CT molecular complexity index is 962. The van der Waals surface area contributed by atoms with Crippen LogP contribution in [0.5, 0.6) is 5.75 Å². The number of carbonyl (C=O) groups is 2. The first-order chi connectivity index (χ1) is 13.1. The molecular weight excluding hydrogens is 342 g/mol. The Balaban J connectivity index is 1.85. The third-order valence-electron chi connectivity index (χ3n) is 4.40. The molecule has 0 aliphatic rings. The average Bonchev–Trinajstić information content (AvgIpc) is 2.72. The van der Waals surface area contributed by atoms with Crippen LogP contribution in [0, 0.1) is 0 Å². The fourth-order valence-corrected chi connectivity index (χ4v) is 3.03. The zero-order valence-corrected chi connectivity index (χ0v) is 15.3. The maximum absolute atomic E-state index is 12.9. The fraction of sp³-hybridized carbons (Fsp3) is 0.182. The lowest BCUT2D eigenvalue weighted by Crippen LogP contribution is -2.43. The molecule has 5 heteroatoms. The summed E-state index contributed by atoms with van der Waals surface area (Å²) in [6.45, 7) is 0. The molecule has 1 N–H and O–H groups in total. The summed E-state index contributed by atoms with van der Waals surface area (Å²) in [5.41, 5.74) is 1.38. The van der Waals surface area contributed by atoms with Gasteiger partial charge in [0.05, 0.1) is 14.2 Å². The van der Waals surface area contributed by atoms with Crippen LogP contribution in [-0.4, -0.2) is 32.1 Å². The van der Waals surface area contributed by atoms with Gasteiger partial charge in [0.15, 0.2) is 0 Å². The molecule has 0 aliphatic heterocycles. The van der Waals surface area contributed by atoms with Crippen LogP contribution in [0.2, 0.25) is 0 Å². The van der Waals surface area contributed by atoms with Crippen LogP contribution in [0.4, 0.5) is 0 Å². The predicted molar refractivity (Wildman–Crippen MR) is 104 cm³/mol. The molecule has 1 atom stereocenters. The molecule has 0 radical (unpaired) electrons. The second-order valence-electron chi connectivity index (χ2n) is 6.13. The summed E-state index contributed by atoms with van der Waals surface area (Å²) in [5, 5.41) is 4.61. The molecule has 27 heavy (non-hydrogen) atoms. The van der Waals surface area contributed by atoms with Crippen molar-refractivity contribution in [1.29, 1.82) is 0 Å². The molecule has 0 unspecified atom stereocenters. The minimum atomic E-state index is -0.798.